The second-order valence-electron chi connectivity index (χ2n) is 7.33. The van der Waals surface area contributed by atoms with Crippen molar-refractivity contribution in [3.8, 4) is 16.9 Å². The van der Waals surface area contributed by atoms with Crippen molar-refractivity contribution in [1.29, 1.82) is 0 Å². The Bertz CT molecular complexity index is 810. The molecule has 3 heteroatoms. The van der Waals surface area contributed by atoms with Gasteiger partial charge in [-0.2, -0.15) is 0 Å². The molecule has 2 heterocycles. The van der Waals surface area contributed by atoms with E-state index in [1.807, 2.05) is 0 Å². The van der Waals surface area contributed by atoms with Gasteiger partial charge in [0.15, 0.2) is 0 Å². The fourth-order valence-electron chi connectivity index (χ4n) is 3.63. The molecule has 4 rings (SSSR count). The van der Waals surface area contributed by atoms with Gasteiger partial charge in [-0.3, -0.25) is 5.01 Å². The average Bonchev–Trinajstić information content (AvgIpc) is 3.07. The first kappa shape index (κ1) is 16.2. The third-order valence-electron chi connectivity index (χ3n) is 5.02. The molecule has 130 valence electrons. The number of rotatable bonds is 3. The van der Waals surface area contributed by atoms with Crippen LogP contribution < -0.4 is 15.2 Å². The Morgan fingerprint density at radius 3 is 2.68 bits per heavy atom. The molecule has 2 aromatic carbocycles. The van der Waals surface area contributed by atoms with Crippen LogP contribution in [-0.4, -0.2) is 12.6 Å². The fraction of sp³-hybridized carbons (Fsp3) is 0.364. The minimum Gasteiger partial charge on any atom is -0.493 e. The van der Waals surface area contributed by atoms with Gasteiger partial charge in [0.2, 0.25) is 0 Å². The molecule has 2 aliphatic rings. The van der Waals surface area contributed by atoms with Crippen LogP contribution in [0.2, 0.25) is 0 Å². The van der Waals surface area contributed by atoms with Crippen LogP contribution in [0.25, 0.3) is 11.1 Å². The van der Waals surface area contributed by atoms with Crippen molar-refractivity contribution in [1.82, 2.24) is 5.43 Å². The first-order chi connectivity index (χ1) is 12.1. The highest BCUT2D eigenvalue weighted by Crippen LogP contribution is 2.35. The number of anilines is 1. The molecule has 0 bridgehead atoms. The van der Waals surface area contributed by atoms with Crippen molar-refractivity contribution in [2.45, 2.75) is 45.6 Å². The van der Waals surface area contributed by atoms with Crippen LogP contribution in [0.4, 0.5) is 5.69 Å². The van der Waals surface area contributed by atoms with Gasteiger partial charge in [-0.25, -0.2) is 5.43 Å². The van der Waals surface area contributed by atoms with Crippen molar-refractivity contribution in [2.24, 2.45) is 0 Å². The lowest BCUT2D eigenvalue weighted by atomic mass is 9.94. The van der Waals surface area contributed by atoms with E-state index >= 15 is 0 Å². The molecule has 1 N–H and O–H groups in total. The van der Waals surface area contributed by atoms with E-state index < -0.39 is 0 Å². The van der Waals surface area contributed by atoms with Gasteiger partial charge in [0.05, 0.1) is 12.3 Å². The minimum absolute atomic E-state index is 0.365. The van der Waals surface area contributed by atoms with Crippen LogP contribution in [0.5, 0.6) is 5.75 Å². The number of nitrogens with zero attached hydrogens (tertiary/aromatic N) is 1. The molecule has 2 aromatic rings. The molecule has 1 atom stereocenters. The highest BCUT2D eigenvalue weighted by Gasteiger charge is 2.18. The van der Waals surface area contributed by atoms with E-state index in [0.29, 0.717) is 12.0 Å². The number of hydrazine groups is 1. The summed E-state index contributed by atoms with van der Waals surface area (Å²) in [5, 5.41) is 2.16. The Labute approximate surface area is 150 Å². The fourth-order valence-corrected chi connectivity index (χ4v) is 3.63. The molecular weight excluding hydrogens is 308 g/mol. The van der Waals surface area contributed by atoms with Crippen molar-refractivity contribution in [3.63, 3.8) is 0 Å². The number of hydrogen-bond acceptors (Lipinski definition) is 3. The third-order valence-corrected chi connectivity index (χ3v) is 5.02. The molecule has 3 nitrogen and oxygen atoms in total. The molecular formula is C22H26N2O. The molecule has 1 unspecified atom stereocenters. The van der Waals surface area contributed by atoms with Crippen LogP contribution >= 0.6 is 0 Å². The molecule has 2 aliphatic heterocycles. The minimum atomic E-state index is 0.365. The summed E-state index contributed by atoms with van der Waals surface area (Å²) in [4.78, 5) is 0. The molecule has 0 saturated carbocycles. The Hall–Kier alpha value is -2.26. The molecule has 0 spiro atoms. The number of nitrogens with one attached hydrogen (secondary N) is 1. The van der Waals surface area contributed by atoms with Crippen LogP contribution in [0.15, 0.2) is 48.7 Å². The smallest absolute Gasteiger partial charge is 0.122 e. The van der Waals surface area contributed by atoms with Gasteiger partial charge < -0.3 is 4.74 Å². The Balaban J connectivity index is 1.74. The molecule has 0 fully saturated rings. The topological polar surface area (TPSA) is 24.5 Å². The molecule has 0 saturated heterocycles. The molecule has 0 radical (unpaired) electrons. The van der Waals surface area contributed by atoms with E-state index in [1.165, 1.54) is 27.9 Å². The largest absolute Gasteiger partial charge is 0.493 e. The summed E-state index contributed by atoms with van der Waals surface area (Å²) in [6.45, 7) is 7.50. The van der Waals surface area contributed by atoms with Crippen LogP contribution in [0, 0.1) is 0 Å². The SMILES string of the molecule is CC1C=CN(c2cc(-c3ccc4c(c3)CCCO4)ccc2C(C)C)N1. The number of ether oxygens (including phenoxy) is 1. The number of fused-ring (bicyclic) bond motifs is 1. The normalized spacial score (nSPS) is 19.2. The Morgan fingerprint density at radius 1 is 1.12 bits per heavy atom. The maximum Gasteiger partial charge on any atom is 0.122 e. The van der Waals surface area contributed by atoms with Crippen molar-refractivity contribution >= 4 is 5.69 Å². The van der Waals surface area contributed by atoms with Gasteiger partial charge in [0.1, 0.15) is 5.75 Å². The van der Waals surface area contributed by atoms with Crippen molar-refractivity contribution in [2.75, 3.05) is 11.6 Å². The summed E-state index contributed by atoms with van der Waals surface area (Å²) < 4.78 is 5.75. The summed E-state index contributed by atoms with van der Waals surface area (Å²) in [5.74, 6) is 1.53. The monoisotopic (exact) mass is 334 g/mol. The molecule has 0 amide bonds. The summed E-state index contributed by atoms with van der Waals surface area (Å²) >= 11 is 0. The predicted octanol–water partition coefficient (Wildman–Crippen LogP) is 5.03. The quantitative estimate of drug-likeness (QED) is 0.852. The van der Waals surface area contributed by atoms with E-state index in [4.69, 9.17) is 4.74 Å². The summed E-state index contributed by atoms with van der Waals surface area (Å²) in [6.07, 6.45) is 6.53. The molecule has 25 heavy (non-hydrogen) atoms. The lowest BCUT2D eigenvalue weighted by Gasteiger charge is -2.24. The zero-order valence-electron chi connectivity index (χ0n) is 15.3. The van der Waals surface area contributed by atoms with E-state index in [2.05, 4.69) is 79.9 Å². The van der Waals surface area contributed by atoms with Crippen molar-refractivity contribution < 1.29 is 4.74 Å². The first-order valence-corrected chi connectivity index (χ1v) is 9.25. The Morgan fingerprint density at radius 2 is 1.92 bits per heavy atom. The lowest BCUT2D eigenvalue weighted by molar-refractivity contribution is 0.288. The van der Waals surface area contributed by atoms with Crippen molar-refractivity contribution in [3.05, 3.63) is 59.8 Å². The van der Waals surface area contributed by atoms with Crippen LogP contribution in [0.3, 0.4) is 0 Å². The molecule has 0 aliphatic carbocycles. The summed E-state index contributed by atoms with van der Waals surface area (Å²) in [6, 6.07) is 13.8. The second-order valence-corrected chi connectivity index (χ2v) is 7.33. The highest BCUT2D eigenvalue weighted by molar-refractivity contribution is 5.73. The van der Waals surface area contributed by atoms with Crippen LogP contribution in [0.1, 0.15) is 44.2 Å². The number of benzene rings is 2. The van der Waals surface area contributed by atoms with E-state index in [1.54, 1.807) is 0 Å². The average molecular weight is 334 g/mol. The van der Waals surface area contributed by atoms with Gasteiger partial charge >= 0.3 is 0 Å². The van der Waals surface area contributed by atoms with Crippen LogP contribution in [-0.2, 0) is 6.42 Å². The lowest BCUT2D eigenvalue weighted by Crippen LogP contribution is -2.34. The highest BCUT2D eigenvalue weighted by atomic mass is 16.5. The maximum atomic E-state index is 5.75. The standard InChI is InChI=1S/C22H26N2O/c1-15(2)20-8-6-18(14-21(20)24-11-10-16(3)23-24)17-7-9-22-19(13-17)5-4-12-25-22/h6-11,13-16,23H,4-5,12H2,1-3H3. The Kier molecular flexibility index (Phi) is 4.26. The third kappa shape index (κ3) is 3.16. The van der Waals surface area contributed by atoms with Gasteiger partial charge in [-0.1, -0.05) is 32.0 Å². The second kappa shape index (κ2) is 6.57. The number of hydrogen-bond donors (Lipinski definition) is 1. The first-order valence-electron chi connectivity index (χ1n) is 9.25. The zero-order chi connectivity index (χ0) is 17.4. The summed E-state index contributed by atoms with van der Waals surface area (Å²) in [5.41, 5.74) is 9.93. The molecule has 0 aromatic heterocycles. The van der Waals surface area contributed by atoms with E-state index in [-0.39, 0.29) is 0 Å². The van der Waals surface area contributed by atoms with E-state index in [0.717, 1.165) is 25.2 Å². The van der Waals surface area contributed by atoms with Gasteiger partial charge in [0.25, 0.3) is 0 Å². The maximum absolute atomic E-state index is 5.75. The zero-order valence-corrected chi connectivity index (χ0v) is 15.3. The summed E-state index contributed by atoms with van der Waals surface area (Å²) in [7, 11) is 0. The van der Waals surface area contributed by atoms with Gasteiger partial charge in [-0.15, -0.1) is 0 Å². The predicted molar refractivity (Wildman–Crippen MR) is 104 cm³/mol. The van der Waals surface area contributed by atoms with Gasteiger partial charge in [-0.05, 0) is 72.2 Å². The van der Waals surface area contributed by atoms with E-state index in [9.17, 15) is 0 Å². The van der Waals surface area contributed by atoms with Gasteiger partial charge in [0, 0.05) is 12.2 Å². The number of aryl methyl sites for hydroxylation is 1.